The summed E-state index contributed by atoms with van der Waals surface area (Å²) in [6.07, 6.45) is 5.60. The lowest BCUT2D eigenvalue weighted by atomic mass is 9.88. The maximum Gasteiger partial charge on any atom is 0.246 e. The van der Waals surface area contributed by atoms with Gasteiger partial charge in [0.1, 0.15) is 12.1 Å². The van der Waals surface area contributed by atoms with Gasteiger partial charge in [0, 0.05) is 0 Å². The summed E-state index contributed by atoms with van der Waals surface area (Å²) < 4.78 is 5.94. The van der Waals surface area contributed by atoms with Crippen molar-refractivity contribution in [3.05, 3.63) is 0 Å². The third-order valence-electron chi connectivity index (χ3n) is 5.54. The van der Waals surface area contributed by atoms with E-state index in [1.165, 1.54) is 0 Å². The molecule has 2 bridgehead atoms. The van der Waals surface area contributed by atoms with Crippen LogP contribution in [0.25, 0.3) is 0 Å². The number of nitrogens with one attached hydrogen (secondary N) is 1. The molecular formula is C16H24N2O3. The first kappa shape index (κ1) is 13.6. The minimum atomic E-state index is -0.333. The van der Waals surface area contributed by atoms with E-state index < -0.39 is 0 Å². The third-order valence-corrected chi connectivity index (χ3v) is 5.54. The number of ether oxygens (including phenoxy) is 1. The standard InChI is InChI=1S/C16H24N2O3/c1-8(2)14-15(19)17-13(9-3-4-9)16(20)18(14)11-7-10-5-6-12(11)21-10/h8-14H,3-7H2,1-2H3,(H,17,19). The summed E-state index contributed by atoms with van der Waals surface area (Å²) >= 11 is 0. The number of carbonyl (C=O) groups is 2. The molecule has 4 fully saturated rings. The monoisotopic (exact) mass is 292 g/mol. The van der Waals surface area contributed by atoms with Crippen molar-refractivity contribution in [2.45, 2.75) is 76.3 Å². The number of piperazine rings is 1. The van der Waals surface area contributed by atoms with E-state index in [-0.39, 0.29) is 42.0 Å². The lowest BCUT2D eigenvalue weighted by Crippen LogP contribution is -2.68. The lowest BCUT2D eigenvalue weighted by Gasteiger charge is -2.45. The summed E-state index contributed by atoms with van der Waals surface area (Å²) in [4.78, 5) is 27.5. The molecular weight excluding hydrogens is 268 g/mol. The fraction of sp³-hybridized carbons (Fsp3) is 0.875. The molecule has 21 heavy (non-hydrogen) atoms. The Hall–Kier alpha value is -1.10. The quantitative estimate of drug-likeness (QED) is 0.846. The molecule has 3 aliphatic heterocycles. The topological polar surface area (TPSA) is 58.6 Å². The van der Waals surface area contributed by atoms with Gasteiger partial charge in [-0.1, -0.05) is 13.8 Å². The maximum absolute atomic E-state index is 13.0. The molecule has 5 heteroatoms. The molecule has 0 aromatic carbocycles. The van der Waals surface area contributed by atoms with Crippen LogP contribution in [-0.2, 0) is 14.3 Å². The largest absolute Gasteiger partial charge is 0.373 e. The number of carbonyl (C=O) groups excluding carboxylic acids is 2. The van der Waals surface area contributed by atoms with E-state index in [1.807, 2.05) is 18.7 Å². The first-order valence-electron chi connectivity index (χ1n) is 8.34. The van der Waals surface area contributed by atoms with Crippen LogP contribution in [0.3, 0.4) is 0 Å². The second-order valence-corrected chi connectivity index (χ2v) is 7.43. The Balaban J connectivity index is 1.64. The van der Waals surface area contributed by atoms with Crippen molar-refractivity contribution in [2.24, 2.45) is 11.8 Å². The molecule has 4 aliphatic rings. The van der Waals surface area contributed by atoms with Crippen LogP contribution in [-0.4, -0.2) is 47.0 Å². The predicted molar refractivity (Wildman–Crippen MR) is 76.4 cm³/mol. The fourth-order valence-electron chi connectivity index (χ4n) is 4.37. The van der Waals surface area contributed by atoms with Crippen molar-refractivity contribution < 1.29 is 14.3 Å². The second-order valence-electron chi connectivity index (χ2n) is 7.43. The first-order valence-corrected chi connectivity index (χ1v) is 8.34. The smallest absolute Gasteiger partial charge is 0.246 e. The summed E-state index contributed by atoms with van der Waals surface area (Å²) in [5, 5.41) is 2.99. The summed E-state index contributed by atoms with van der Waals surface area (Å²) in [7, 11) is 0. The normalized spacial score (nSPS) is 42.8. The van der Waals surface area contributed by atoms with Gasteiger partial charge < -0.3 is 15.0 Å². The van der Waals surface area contributed by atoms with E-state index in [2.05, 4.69) is 5.32 Å². The minimum Gasteiger partial charge on any atom is -0.373 e. The van der Waals surface area contributed by atoms with Gasteiger partial charge in [-0.05, 0) is 43.9 Å². The van der Waals surface area contributed by atoms with Crippen LogP contribution >= 0.6 is 0 Å². The summed E-state index contributed by atoms with van der Waals surface area (Å²) in [5.74, 6) is 0.658. The highest BCUT2D eigenvalue weighted by molar-refractivity contribution is 5.97. The van der Waals surface area contributed by atoms with Gasteiger partial charge in [0.15, 0.2) is 0 Å². The molecule has 3 heterocycles. The van der Waals surface area contributed by atoms with Crippen LogP contribution < -0.4 is 5.32 Å². The Morgan fingerprint density at radius 1 is 1.19 bits per heavy atom. The highest BCUT2D eigenvalue weighted by Crippen LogP contribution is 2.42. The molecule has 4 rings (SSSR count). The number of rotatable bonds is 3. The fourth-order valence-corrected chi connectivity index (χ4v) is 4.37. The van der Waals surface area contributed by atoms with Gasteiger partial charge in [-0.3, -0.25) is 9.59 Å². The highest BCUT2D eigenvalue weighted by Gasteiger charge is 2.54. The molecule has 0 radical (unpaired) electrons. The molecule has 3 saturated heterocycles. The number of hydrogen-bond acceptors (Lipinski definition) is 3. The van der Waals surface area contributed by atoms with Crippen LogP contribution in [0.15, 0.2) is 0 Å². The summed E-state index contributed by atoms with van der Waals surface area (Å²) in [6.45, 7) is 4.05. The Labute approximate surface area is 125 Å². The van der Waals surface area contributed by atoms with Crippen molar-refractivity contribution in [1.29, 1.82) is 0 Å². The van der Waals surface area contributed by atoms with Gasteiger partial charge in [0.25, 0.3) is 0 Å². The van der Waals surface area contributed by atoms with Crippen molar-refractivity contribution in [1.82, 2.24) is 10.2 Å². The van der Waals surface area contributed by atoms with E-state index >= 15 is 0 Å². The second kappa shape index (κ2) is 4.70. The number of amides is 2. The molecule has 1 saturated carbocycles. The molecule has 5 atom stereocenters. The predicted octanol–water partition coefficient (Wildman–Crippen LogP) is 1.07. The Morgan fingerprint density at radius 2 is 1.95 bits per heavy atom. The minimum absolute atomic E-state index is 0.0317. The molecule has 5 nitrogen and oxygen atoms in total. The average Bonchev–Trinajstić information content (AvgIpc) is 3.07. The molecule has 1 aliphatic carbocycles. The van der Waals surface area contributed by atoms with E-state index in [0.717, 1.165) is 32.1 Å². The molecule has 0 aromatic heterocycles. The lowest BCUT2D eigenvalue weighted by molar-refractivity contribution is -0.156. The van der Waals surface area contributed by atoms with E-state index in [1.54, 1.807) is 0 Å². The van der Waals surface area contributed by atoms with Gasteiger partial charge in [-0.2, -0.15) is 0 Å². The van der Waals surface area contributed by atoms with Gasteiger partial charge in [-0.25, -0.2) is 0 Å². The number of nitrogens with zero attached hydrogens (tertiary/aromatic N) is 1. The zero-order valence-corrected chi connectivity index (χ0v) is 12.7. The number of hydrogen-bond donors (Lipinski definition) is 1. The van der Waals surface area contributed by atoms with Crippen LogP contribution in [0.4, 0.5) is 0 Å². The van der Waals surface area contributed by atoms with Crippen molar-refractivity contribution in [2.75, 3.05) is 0 Å². The zero-order chi connectivity index (χ0) is 14.7. The van der Waals surface area contributed by atoms with Crippen LogP contribution in [0.2, 0.25) is 0 Å². The van der Waals surface area contributed by atoms with Crippen molar-refractivity contribution in [3.63, 3.8) is 0 Å². The molecule has 1 N–H and O–H groups in total. The van der Waals surface area contributed by atoms with E-state index in [0.29, 0.717) is 12.0 Å². The molecule has 0 spiro atoms. The molecule has 116 valence electrons. The van der Waals surface area contributed by atoms with Crippen molar-refractivity contribution >= 4 is 11.8 Å². The average molecular weight is 292 g/mol. The van der Waals surface area contributed by atoms with Gasteiger partial charge in [0.05, 0.1) is 18.2 Å². The molecule has 0 aromatic rings. The Morgan fingerprint density at radius 3 is 2.48 bits per heavy atom. The number of fused-ring (bicyclic) bond motifs is 2. The van der Waals surface area contributed by atoms with Gasteiger partial charge in [-0.15, -0.1) is 0 Å². The zero-order valence-electron chi connectivity index (χ0n) is 12.7. The van der Waals surface area contributed by atoms with Crippen LogP contribution in [0, 0.1) is 11.8 Å². The SMILES string of the molecule is CC(C)C1C(=O)NC(C2CC2)C(=O)N1C1CC2CCC1O2. The third kappa shape index (κ3) is 2.08. The molecule has 5 unspecified atom stereocenters. The highest BCUT2D eigenvalue weighted by atomic mass is 16.5. The van der Waals surface area contributed by atoms with Crippen LogP contribution in [0.5, 0.6) is 0 Å². The first-order chi connectivity index (χ1) is 10.1. The molecule has 2 amide bonds. The summed E-state index contributed by atoms with van der Waals surface area (Å²) in [5.41, 5.74) is 0. The van der Waals surface area contributed by atoms with E-state index in [4.69, 9.17) is 4.74 Å². The summed E-state index contributed by atoms with van der Waals surface area (Å²) in [6, 6.07) is -0.511. The Bertz CT molecular complexity index is 474. The van der Waals surface area contributed by atoms with Crippen molar-refractivity contribution in [3.8, 4) is 0 Å². The van der Waals surface area contributed by atoms with Gasteiger partial charge in [0.2, 0.25) is 11.8 Å². The maximum atomic E-state index is 13.0. The van der Waals surface area contributed by atoms with E-state index in [9.17, 15) is 9.59 Å². The van der Waals surface area contributed by atoms with Crippen LogP contribution in [0.1, 0.15) is 46.0 Å². The van der Waals surface area contributed by atoms with Gasteiger partial charge >= 0.3 is 0 Å². The Kier molecular flexibility index (Phi) is 3.03.